The highest BCUT2D eigenvalue weighted by Crippen LogP contribution is 2.30. The van der Waals surface area contributed by atoms with Crippen molar-refractivity contribution in [2.24, 2.45) is 0 Å². The molecule has 0 spiro atoms. The number of para-hydroxylation sites is 1. The van der Waals surface area contributed by atoms with Crippen molar-refractivity contribution in [3.8, 4) is 11.5 Å². The van der Waals surface area contributed by atoms with Crippen LogP contribution in [0.1, 0.15) is 23.2 Å². The molecule has 0 atom stereocenters. The number of benzene rings is 3. The number of amides is 1. The summed E-state index contributed by atoms with van der Waals surface area (Å²) in [6.45, 7) is 0.600. The van der Waals surface area contributed by atoms with Gasteiger partial charge in [-0.1, -0.05) is 36.4 Å². The van der Waals surface area contributed by atoms with Crippen LogP contribution in [0, 0.1) is 10.1 Å². The molecular formula is C24H23N3O6S. The van der Waals surface area contributed by atoms with Crippen LogP contribution in [0.2, 0.25) is 0 Å². The van der Waals surface area contributed by atoms with Gasteiger partial charge in [0.1, 0.15) is 11.5 Å². The van der Waals surface area contributed by atoms with Crippen molar-refractivity contribution in [2.45, 2.75) is 23.8 Å². The number of sulfonamides is 1. The first-order valence-corrected chi connectivity index (χ1v) is 12.2. The van der Waals surface area contributed by atoms with Crippen molar-refractivity contribution >= 4 is 21.6 Å². The lowest BCUT2D eigenvalue weighted by Crippen LogP contribution is -2.46. The third-order valence-corrected chi connectivity index (χ3v) is 7.07. The fourth-order valence-electron chi connectivity index (χ4n) is 3.76. The second-order valence-electron chi connectivity index (χ2n) is 7.85. The number of nitrogens with zero attached hydrogens (tertiary/aromatic N) is 2. The van der Waals surface area contributed by atoms with Gasteiger partial charge in [0.25, 0.3) is 11.6 Å². The zero-order valence-electron chi connectivity index (χ0n) is 18.2. The lowest BCUT2D eigenvalue weighted by Gasteiger charge is -2.32. The van der Waals surface area contributed by atoms with Crippen LogP contribution in [0.15, 0.2) is 83.8 Å². The number of carbonyl (C=O) groups excluding carboxylic acids is 1. The van der Waals surface area contributed by atoms with E-state index in [-0.39, 0.29) is 27.9 Å². The summed E-state index contributed by atoms with van der Waals surface area (Å²) in [4.78, 5) is 25.8. The van der Waals surface area contributed by atoms with E-state index in [1.165, 1.54) is 30.3 Å². The van der Waals surface area contributed by atoms with E-state index in [9.17, 15) is 23.3 Å². The summed E-state index contributed by atoms with van der Waals surface area (Å²) >= 11 is 0. The number of rotatable bonds is 7. The number of hydrogen-bond acceptors (Lipinski definition) is 6. The molecule has 1 saturated heterocycles. The molecule has 1 aliphatic rings. The molecule has 0 aromatic heterocycles. The lowest BCUT2D eigenvalue weighted by molar-refractivity contribution is -0.384. The van der Waals surface area contributed by atoms with E-state index in [4.69, 9.17) is 4.74 Å². The highest BCUT2D eigenvalue weighted by Gasteiger charge is 2.29. The summed E-state index contributed by atoms with van der Waals surface area (Å²) in [6, 6.07) is 20.5. The Morgan fingerprint density at radius 1 is 0.971 bits per heavy atom. The molecule has 1 heterocycles. The molecule has 10 heteroatoms. The van der Waals surface area contributed by atoms with Crippen LogP contribution in [0.5, 0.6) is 11.5 Å². The zero-order valence-corrected chi connectivity index (χ0v) is 19.0. The number of piperidine rings is 1. The summed E-state index contributed by atoms with van der Waals surface area (Å²) in [6.07, 6.45) is 0.837. The first kappa shape index (κ1) is 23.4. The number of hydrogen-bond donors (Lipinski definition) is 1. The molecule has 4 rings (SSSR count). The largest absolute Gasteiger partial charge is 0.457 e. The number of nitro benzene ring substituents is 1. The lowest BCUT2D eigenvalue weighted by atomic mass is 10.0. The summed E-state index contributed by atoms with van der Waals surface area (Å²) in [5.74, 6) is 0.312. The topological polar surface area (TPSA) is 119 Å². The van der Waals surface area contributed by atoms with Gasteiger partial charge < -0.3 is 9.64 Å². The third kappa shape index (κ3) is 5.41. The Morgan fingerprint density at radius 3 is 2.21 bits per heavy atom. The van der Waals surface area contributed by atoms with Crippen LogP contribution in [0.4, 0.5) is 5.69 Å². The molecule has 176 valence electrons. The molecule has 0 bridgehead atoms. The Labute approximate surface area is 197 Å². The summed E-state index contributed by atoms with van der Waals surface area (Å²) < 4.78 is 33.7. The average molecular weight is 482 g/mol. The summed E-state index contributed by atoms with van der Waals surface area (Å²) in [5.41, 5.74) is -0.129. The smallest absolute Gasteiger partial charge is 0.270 e. The molecule has 9 nitrogen and oxygen atoms in total. The second-order valence-corrected chi connectivity index (χ2v) is 9.57. The number of ether oxygens (including phenoxy) is 1. The Hall–Kier alpha value is -3.76. The maximum atomic E-state index is 13.3. The van der Waals surface area contributed by atoms with Crippen molar-refractivity contribution in [1.29, 1.82) is 0 Å². The molecule has 3 aromatic carbocycles. The van der Waals surface area contributed by atoms with E-state index in [1.54, 1.807) is 47.4 Å². The number of nitrogens with one attached hydrogen (secondary N) is 1. The van der Waals surface area contributed by atoms with Gasteiger partial charge in [-0.15, -0.1) is 0 Å². The number of likely N-dealkylation sites (tertiary alicyclic amines) is 1. The molecule has 0 saturated carbocycles. The van der Waals surface area contributed by atoms with E-state index in [2.05, 4.69) is 4.72 Å². The van der Waals surface area contributed by atoms with Gasteiger partial charge in [0.05, 0.1) is 15.4 Å². The van der Waals surface area contributed by atoms with Gasteiger partial charge in [-0.25, -0.2) is 13.1 Å². The summed E-state index contributed by atoms with van der Waals surface area (Å²) in [7, 11) is -3.65. The van der Waals surface area contributed by atoms with E-state index < -0.39 is 20.9 Å². The second kappa shape index (κ2) is 10.0. The number of nitro groups is 1. The zero-order chi connectivity index (χ0) is 24.1. The fourth-order valence-corrected chi connectivity index (χ4v) is 5.09. The maximum absolute atomic E-state index is 13.3. The van der Waals surface area contributed by atoms with E-state index in [0.717, 1.165) is 0 Å². The van der Waals surface area contributed by atoms with Crippen molar-refractivity contribution < 1.29 is 22.9 Å². The number of carbonyl (C=O) groups is 1. The van der Waals surface area contributed by atoms with Crippen LogP contribution in [0.25, 0.3) is 0 Å². The van der Waals surface area contributed by atoms with Crippen LogP contribution in [-0.2, 0) is 10.0 Å². The molecule has 1 aliphatic heterocycles. The van der Waals surface area contributed by atoms with Crippen molar-refractivity contribution in [1.82, 2.24) is 9.62 Å². The van der Waals surface area contributed by atoms with Crippen molar-refractivity contribution in [3.05, 3.63) is 94.5 Å². The molecule has 0 unspecified atom stereocenters. The van der Waals surface area contributed by atoms with Gasteiger partial charge >= 0.3 is 0 Å². The van der Waals surface area contributed by atoms with Crippen molar-refractivity contribution in [2.75, 3.05) is 13.1 Å². The minimum absolute atomic E-state index is 0.0846. The molecule has 1 N–H and O–H groups in total. The SMILES string of the molecule is O=C(c1cc([N+](=O)[O-])ccc1Oc1ccccc1)N1CCC(NS(=O)(=O)c2ccccc2)CC1. The van der Waals surface area contributed by atoms with E-state index >= 15 is 0 Å². The van der Waals surface area contributed by atoms with Gasteiger partial charge in [0.15, 0.2) is 0 Å². The minimum atomic E-state index is -3.65. The first-order chi connectivity index (χ1) is 16.3. The minimum Gasteiger partial charge on any atom is -0.457 e. The molecule has 3 aromatic rings. The first-order valence-electron chi connectivity index (χ1n) is 10.7. The Morgan fingerprint density at radius 2 is 1.59 bits per heavy atom. The number of non-ortho nitro benzene ring substituents is 1. The van der Waals surface area contributed by atoms with Gasteiger partial charge in [-0.2, -0.15) is 0 Å². The highest BCUT2D eigenvalue weighted by molar-refractivity contribution is 7.89. The monoisotopic (exact) mass is 481 g/mol. The van der Waals surface area contributed by atoms with Gasteiger partial charge in [0, 0.05) is 31.3 Å². The van der Waals surface area contributed by atoms with Crippen LogP contribution >= 0.6 is 0 Å². The predicted octanol–water partition coefficient (Wildman–Crippen LogP) is 3.97. The predicted molar refractivity (Wildman–Crippen MR) is 125 cm³/mol. The molecule has 34 heavy (non-hydrogen) atoms. The molecular weight excluding hydrogens is 458 g/mol. The van der Waals surface area contributed by atoms with E-state index in [0.29, 0.717) is 31.7 Å². The van der Waals surface area contributed by atoms with Crippen LogP contribution < -0.4 is 9.46 Å². The highest BCUT2D eigenvalue weighted by atomic mass is 32.2. The standard InChI is InChI=1S/C24H23N3O6S/c28-24(22-17-19(27(29)30)11-12-23(22)33-20-7-3-1-4-8-20)26-15-13-18(14-16-26)25-34(31,32)21-9-5-2-6-10-21/h1-12,17-18,25H,13-16H2. The molecule has 0 aliphatic carbocycles. The van der Waals surface area contributed by atoms with E-state index in [1.807, 2.05) is 6.07 Å². The quantitative estimate of drug-likeness (QED) is 0.403. The Bertz CT molecular complexity index is 1270. The van der Waals surface area contributed by atoms with Crippen LogP contribution in [-0.4, -0.2) is 43.3 Å². The maximum Gasteiger partial charge on any atom is 0.270 e. The van der Waals surface area contributed by atoms with Gasteiger partial charge in [-0.3, -0.25) is 14.9 Å². The Balaban J connectivity index is 1.48. The fraction of sp³-hybridized carbons (Fsp3) is 0.208. The average Bonchev–Trinajstić information content (AvgIpc) is 2.85. The van der Waals surface area contributed by atoms with Gasteiger partial charge in [0.2, 0.25) is 10.0 Å². The van der Waals surface area contributed by atoms with Crippen LogP contribution in [0.3, 0.4) is 0 Å². The normalized spacial score (nSPS) is 14.5. The van der Waals surface area contributed by atoms with Crippen molar-refractivity contribution in [3.63, 3.8) is 0 Å². The third-order valence-electron chi connectivity index (χ3n) is 5.53. The molecule has 1 fully saturated rings. The molecule has 1 amide bonds. The Kier molecular flexibility index (Phi) is 6.90. The summed E-state index contributed by atoms with van der Waals surface area (Å²) in [5, 5.41) is 11.3. The molecule has 0 radical (unpaired) electrons. The van der Waals surface area contributed by atoms with Gasteiger partial charge in [-0.05, 0) is 43.2 Å².